The third-order valence-electron chi connectivity index (χ3n) is 0.719. The molecule has 0 aliphatic heterocycles. The van der Waals surface area contributed by atoms with Gasteiger partial charge in [-0.15, -0.1) is 11.6 Å². The highest BCUT2D eigenvalue weighted by atomic mass is 35.5. The molecule has 0 spiro atoms. The van der Waals surface area contributed by atoms with Crippen molar-refractivity contribution in [3.8, 4) is 0 Å². The van der Waals surface area contributed by atoms with Gasteiger partial charge < -0.3 is 4.74 Å². The van der Waals surface area contributed by atoms with E-state index in [2.05, 4.69) is 0 Å². The van der Waals surface area contributed by atoms with E-state index in [4.69, 9.17) is 16.3 Å². The number of hydrogen-bond donors (Lipinski definition) is 0. The van der Waals surface area contributed by atoms with Crippen LogP contribution in [0.15, 0.2) is 0 Å². The first kappa shape index (κ1) is 9.76. The molecule has 3 heteroatoms. The average molecular weight is 165 g/mol. The summed E-state index contributed by atoms with van der Waals surface area (Å²) in [4.78, 5) is 10.8. The van der Waals surface area contributed by atoms with Crippen molar-refractivity contribution in [3.05, 3.63) is 0 Å². The first-order valence-corrected chi connectivity index (χ1v) is 3.77. The van der Waals surface area contributed by atoms with Crippen molar-refractivity contribution in [2.45, 2.75) is 32.8 Å². The Bertz CT molecular complexity index is 115. The first-order chi connectivity index (χ1) is 4.45. The lowest BCUT2D eigenvalue weighted by atomic mass is 10.2. The number of ether oxygens (including phenoxy) is 1. The molecule has 0 atom stereocenters. The summed E-state index contributed by atoms with van der Waals surface area (Å²) in [5.41, 5.74) is -0.386. The molecule has 0 unspecified atom stereocenters. The van der Waals surface area contributed by atoms with E-state index in [9.17, 15) is 4.79 Å². The average Bonchev–Trinajstić information content (AvgIpc) is 1.59. The van der Waals surface area contributed by atoms with E-state index in [1.54, 1.807) is 0 Å². The SMILES string of the molecule is CC(C)(C)OC(=O)CCCl. The second kappa shape index (κ2) is 3.81. The number of carbonyl (C=O) groups is 1. The van der Waals surface area contributed by atoms with Crippen molar-refractivity contribution in [1.29, 1.82) is 0 Å². The van der Waals surface area contributed by atoms with Crippen LogP contribution in [0, 0.1) is 0 Å². The summed E-state index contributed by atoms with van der Waals surface area (Å²) in [5.74, 6) is 0.0945. The molecule has 0 saturated heterocycles. The van der Waals surface area contributed by atoms with E-state index in [1.165, 1.54) is 0 Å². The van der Waals surface area contributed by atoms with Crippen molar-refractivity contribution < 1.29 is 9.53 Å². The van der Waals surface area contributed by atoms with Crippen LogP contribution in [-0.4, -0.2) is 17.5 Å². The van der Waals surface area contributed by atoms with Gasteiger partial charge in [0.05, 0.1) is 6.42 Å². The van der Waals surface area contributed by atoms with Crippen LogP contribution in [0.3, 0.4) is 0 Å². The lowest BCUT2D eigenvalue weighted by molar-refractivity contribution is -0.154. The molecular weight excluding hydrogens is 152 g/mol. The summed E-state index contributed by atoms with van der Waals surface area (Å²) in [6.45, 7) is 5.50. The van der Waals surface area contributed by atoms with Crippen LogP contribution in [0.5, 0.6) is 0 Å². The van der Waals surface area contributed by atoms with E-state index in [0.717, 1.165) is 0 Å². The van der Waals surface area contributed by atoms with Gasteiger partial charge in [-0.1, -0.05) is 0 Å². The standard InChI is InChI=1S/C7H13ClO2/c1-7(2,3)10-6(9)4-5-8/h4-5H2,1-3H3. The quantitative estimate of drug-likeness (QED) is 0.461. The molecule has 0 rings (SSSR count). The summed E-state index contributed by atoms with van der Waals surface area (Å²) in [7, 11) is 0. The van der Waals surface area contributed by atoms with Gasteiger partial charge in [0, 0.05) is 5.88 Å². The fourth-order valence-corrected chi connectivity index (χ4v) is 0.624. The zero-order valence-corrected chi connectivity index (χ0v) is 7.36. The van der Waals surface area contributed by atoms with Crippen molar-refractivity contribution in [3.63, 3.8) is 0 Å². The van der Waals surface area contributed by atoms with Crippen molar-refractivity contribution in [1.82, 2.24) is 0 Å². The highest BCUT2D eigenvalue weighted by molar-refractivity contribution is 6.18. The van der Waals surface area contributed by atoms with Gasteiger partial charge in [-0.3, -0.25) is 4.79 Å². The second-order valence-electron chi connectivity index (χ2n) is 3.03. The maximum absolute atomic E-state index is 10.8. The maximum atomic E-state index is 10.8. The Morgan fingerprint density at radius 1 is 1.50 bits per heavy atom. The number of rotatable bonds is 2. The molecule has 60 valence electrons. The minimum absolute atomic E-state index is 0.234. The molecule has 0 fully saturated rings. The summed E-state index contributed by atoms with van der Waals surface area (Å²) in [5, 5.41) is 0. The molecule has 0 aliphatic rings. The van der Waals surface area contributed by atoms with E-state index >= 15 is 0 Å². The molecule has 0 aromatic heterocycles. The number of hydrogen-bond acceptors (Lipinski definition) is 2. The summed E-state index contributed by atoms with van der Waals surface area (Å²) >= 11 is 5.32. The summed E-state index contributed by atoms with van der Waals surface area (Å²) in [6.07, 6.45) is 0.291. The Balaban J connectivity index is 3.58. The number of carbonyl (C=O) groups excluding carboxylic acids is 1. The minimum Gasteiger partial charge on any atom is -0.460 e. The Morgan fingerprint density at radius 2 is 2.00 bits per heavy atom. The molecule has 0 N–H and O–H groups in total. The Labute approximate surface area is 66.5 Å². The molecule has 0 aromatic carbocycles. The summed E-state index contributed by atoms with van der Waals surface area (Å²) in [6, 6.07) is 0. The van der Waals surface area contributed by atoms with E-state index in [0.29, 0.717) is 12.3 Å². The smallest absolute Gasteiger partial charge is 0.307 e. The maximum Gasteiger partial charge on any atom is 0.307 e. The van der Waals surface area contributed by atoms with Gasteiger partial charge in [-0.2, -0.15) is 0 Å². The molecular formula is C7H13ClO2. The van der Waals surface area contributed by atoms with Crippen molar-refractivity contribution in [2.24, 2.45) is 0 Å². The molecule has 10 heavy (non-hydrogen) atoms. The monoisotopic (exact) mass is 164 g/mol. The topological polar surface area (TPSA) is 26.3 Å². The third-order valence-corrected chi connectivity index (χ3v) is 0.908. The lowest BCUT2D eigenvalue weighted by Gasteiger charge is -2.18. The fourth-order valence-electron chi connectivity index (χ4n) is 0.470. The lowest BCUT2D eigenvalue weighted by Crippen LogP contribution is -2.23. The third kappa shape index (κ3) is 5.89. The molecule has 0 aromatic rings. The second-order valence-corrected chi connectivity index (χ2v) is 3.40. The predicted octanol–water partition coefficient (Wildman–Crippen LogP) is 1.96. The van der Waals surface area contributed by atoms with Gasteiger partial charge in [0.25, 0.3) is 0 Å². The number of esters is 1. The zero-order chi connectivity index (χ0) is 8.20. The molecule has 0 aliphatic carbocycles. The number of alkyl halides is 1. The summed E-state index contributed by atoms with van der Waals surface area (Å²) < 4.78 is 4.95. The zero-order valence-electron chi connectivity index (χ0n) is 6.61. The molecule has 0 bridgehead atoms. The van der Waals surface area contributed by atoms with Gasteiger partial charge in [0.1, 0.15) is 5.60 Å². The molecule has 0 heterocycles. The van der Waals surface area contributed by atoms with Gasteiger partial charge >= 0.3 is 5.97 Å². The van der Waals surface area contributed by atoms with Gasteiger partial charge in [-0.25, -0.2) is 0 Å². The Morgan fingerprint density at radius 3 is 2.30 bits per heavy atom. The Kier molecular flexibility index (Phi) is 3.72. The first-order valence-electron chi connectivity index (χ1n) is 3.23. The predicted molar refractivity (Wildman–Crippen MR) is 41.2 cm³/mol. The van der Waals surface area contributed by atoms with Crippen LogP contribution in [0.25, 0.3) is 0 Å². The van der Waals surface area contributed by atoms with E-state index in [1.807, 2.05) is 20.8 Å². The highest BCUT2D eigenvalue weighted by Gasteiger charge is 2.14. The largest absolute Gasteiger partial charge is 0.460 e. The highest BCUT2D eigenvalue weighted by Crippen LogP contribution is 2.08. The van der Waals surface area contributed by atoms with Crippen LogP contribution < -0.4 is 0 Å². The van der Waals surface area contributed by atoms with Crippen LogP contribution in [0.2, 0.25) is 0 Å². The normalized spacial score (nSPS) is 11.2. The van der Waals surface area contributed by atoms with E-state index in [-0.39, 0.29) is 11.6 Å². The number of halogens is 1. The minimum atomic E-state index is -0.386. The van der Waals surface area contributed by atoms with Gasteiger partial charge in [0.2, 0.25) is 0 Å². The van der Waals surface area contributed by atoms with Crippen molar-refractivity contribution >= 4 is 17.6 Å². The van der Waals surface area contributed by atoms with Gasteiger partial charge in [-0.05, 0) is 20.8 Å². The van der Waals surface area contributed by atoms with Crippen LogP contribution >= 0.6 is 11.6 Å². The fraction of sp³-hybridized carbons (Fsp3) is 0.857. The Hall–Kier alpha value is -0.240. The molecule has 0 radical (unpaired) electrons. The molecule has 0 saturated carbocycles. The van der Waals surface area contributed by atoms with Crippen LogP contribution in [0.4, 0.5) is 0 Å². The molecule has 2 nitrogen and oxygen atoms in total. The molecule has 0 amide bonds. The van der Waals surface area contributed by atoms with Crippen LogP contribution in [0.1, 0.15) is 27.2 Å². The van der Waals surface area contributed by atoms with E-state index < -0.39 is 0 Å². The van der Waals surface area contributed by atoms with Crippen molar-refractivity contribution in [2.75, 3.05) is 5.88 Å². The van der Waals surface area contributed by atoms with Crippen LogP contribution in [-0.2, 0) is 9.53 Å². The van der Waals surface area contributed by atoms with Gasteiger partial charge in [0.15, 0.2) is 0 Å².